The van der Waals surface area contributed by atoms with Crippen molar-refractivity contribution in [2.75, 3.05) is 0 Å². The number of aryl methyl sites for hydroxylation is 2. The molecule has 0 aliphatic heterocycles. The number of halogens is 2. The van der Waals surface area contributed by atoms with Crippen LogP contribution in [0.15, 0.2) is 16.0 Å². The lowest BCUT2D eigenvalue weighted by molar-refractivity contribution is 0.103. The SMILES string of the molecule is Cc1csc(C(=O)c2c(Br)cnn2C)c1Cl. The lowest BCUT2D eigenvalue weighted by Crippen LogP contribution is -2.07. The van der Waals surface area contributed by atoms with Crippen LogP contribution in [0.25, 0.3) is 0 Å². The average Bonchev–Trinajstić information content (AvgIpc) is 2.73. The van der Waals surface area contributed by atoms with Crippen LogP contribution in [0.2, 0.25) is 5.02 Å². The van der Waals surface area contributed by atoms with E-state index < -0.39 is 0 Å². The van der Waals surface area contributed by atoms with Crippen LogP contribution in [0.3, 0.4) is 0 Å². The standard InChI is InChI=1S/C10H8BrClN2OS/c1-5-4-16-10(7(5)12)9(15)8-6(11)3-13-14(8)2/h3-4H,1-2H3. The molecule has 0 unspecified atom stereocenters. The summed E-state index contributed by atoms with van der Waals surface area (Å²) in [4.78, 5) is 12.8. The van der Waals surface area contributed by atoms with E-state index in [9.17, 15) is 4.79 Å². The van der Waals surface area contributed by atoms with Gasteiger partial charge in [0.15, 0.2) is 0 Å². The lowest BCUT2D eigenvalue weighted by Gasteiger charge is -2.00. The van der Waals surface area contributed by atoms with Gasteiger partial charge in [-0.1, -0.05) is 11.6 Å². The Morgan fingerprint density at radius 3 is 2.75 bits per heavy atom. The number of hydrogen-bond acceptors (Lipinski definition) is 3. The molecule has 16 heavy (non-hydrogen) atoms. The number of thiophene rings is 1. The third kappa shape index (κ3) is 1.83. The van der Waals surface area contributed by atoms with E-state index in [-0.39, 0.29) is 5.78 Å². The van der Waals surface area contributed by atoms with E-state index in [0.717, 1.165) is 5.56 Å². The molecule has 0 amide bonds. The predicted molar refractivity (Wildman–Crippen MR) is 68.4 cm³/mol. The molecular formula is C10H8BrClN2OS. The van der Waals surface area contributed by atoms with Gasteiger partial charge < -0.3 is 0 Å². The van der Waals surface area contributed by atoms with Crippen molar-refractivity contribution in [1.29, 1.82) is 0 Å². The van der Waals surface area contributed by atoms with Crippen LogP contribution in [-0.2, 0) is 7.05 Å². The quantitative estimate of drug-likeness (QED) is 0.795. The molecule has 2 rings (SSSR count). The zero-order chi connectivity index (χ0) is 11.9. The van der Waals surface area contributed by atoms with Crippen molar-refractivity contribution in [3.63, 3.8) is 0 Å². The fraction of sp³-hybridized carbons (Fsp3) is 0.200. The first-order chi connectivity index (χ1) is 7.52. The first-order valence-electron chi connectivity index (χ1n) is 4.48. The first-order valence-corrected chi connectivity index (χ1v) is 6.53. The Morgan fingerprint density at radius 1 is 1.62 bits per heavy atom. The Labute approximate surface area is 110 Å². The van der Waals surface area contributed by atoms with Gasteiger partial charge in [0.25, 0.3) is 0 Å². The molecule has 0 bridgehead atoms. The summed E-state index contributed by atoms with van der Waals surface area (Å²) >= 11 is 10.7. The summed E-state index contributed by atoms with van der Waals surface area (Å²) in [7, 11) is 1.73. The Morgan fingerprint density at radius 2 is 2.31 bits per heavy atom. The van der Waals surface area contributed by atoms with Crippen LogP contribution >= 0.6 is 38.9 Å². The molecule has 0 aliphatic carbocycles. The van der Waals surface area contributed by atoms with Gasteiger partial charge in [0.05, 0.1) is 20.6 Å². The molecule has 0 atom stereocenters. The third-order valence-corrected chi connectivity index (χ3v) is 4.49. The molecule has 0 N–H and O–H groups in total. The maximum Gasteiger partial charge on any atom is 0.223 e. The zero-order valence-corrected chi connectivity index (χ0v) is 11.8. The summed E-state index contributed by atoms with van der Waals surface area (Å²) < 4.78 is 2.22. The summed E-state index contributed by atoms with van der Waals surface area (Å²) in [6, 6.07) is 0. The molecule has 0 saturated heterocycles. The zero-order valence-electron chi connectivity index (χ0n) is 8.62. The van der Waals surface area contributed by atoms with Crippen molar-refractivity contribution in [3.05, 3.63) is 37.2 Å². The smallest absolute Gasteiger partial charge is 0.223 e. The molecule has 84 valence electrons. The van der Waals surface area contributed by atoms with Gasteiger partial charge in [-0.05, 0) is 33.8 Å². The van der Waals surface area contributed by atoms with Gasteiger partial charge in [0.1, 0.15) is 5.69 Å². The van der Waals surface area contributed by atoms with Gasteiger partial charge in [0, 0.05) is 7.05 Å². The highest BCUT2D eigenvalue weighted by Crippen LogP contribution is 2.30. The van der Waals surface area contributed by atoms with E-state index in [4.69, 9.17) is 11.6 Å². The average molecular weight is 320 g/mol. The minimum Gasteiger partial charge on any atom is -0.286 e. The van der Waals surface area contributed by atoms with Gasteiger partial charge in [-0.3, -0.25) is 9.48 Å². The molecule has 2 heterocycles. The minimum atomic E-state index is -0.102. The van der Waals surface area contributed by atoms with Gasteiger partial charge in [0.2, 0.25) is 5.78 Å². The second kappa shape index (κ2) is 4.31. The predicted octanol–water partition coefficient (Wildman–Crippen LogP) is 3.44. The van der Waals surface area contributed by atoms with Crippen LogP contribution in [0.5, 0.6) is 0 Å². The van der Waals surface area contributed by atoms with Crippen molar-refractivity contribution in [2.24, 2.45) is 7.05 Å². The van der Waals surface area contributed by atoms with E-state index in [1.165, 1.54) is 16.0 Å². The largest absolute Gasteiger partial charge is 0.286 e. The molecule has 2 aromatic rings. The number of hydrogen-bond donors (Lipinski definition) is 0. The van der Waals surface area contributed by atoms with Crippen molar-refractivity contribution >= 4 is 44.7 Å². The summed E-state index contributed by atoms with van der Waals surface area (Å²) in [5.41, 5.74) is 1.44. The lowest BCUT2D eigenvalue weighted by atomic mass is 10.2. The Kier molecular flexibility index (Phi) is 3.19. The second-order valence-electron chi connectivity index (χ2n) is 3.36. The van der Waals surface area contributed by atoms with Gasteiger partial charge in [-0.2, -0.15) is 5.10 Å². The molecule has 0 fully saturated rings. The molecule has 0 radical (unpaired) electrons. The van der Waals surface area contributed by atoms with Crippen LogP contribution in [0.1, 0.15) is 20.9 Å². The molecule has 2 aromatic heterocycles. The van der Waals surface area contributed by atoms with Gasteiger partial charge >= 0.3 is 0 Å². The minimum absolute atomic E-state index is 0.102. The highest BCUT2D eigenvalue weighted by Gasteiger charge is 2.21. The summed E-state index contributed by atoms with van der Waals surface area (Å²) in [6.07, 6.45) is 1.60. The number of rotatable bonds is 2. The number of carbonyl (C=O) groups is 1. The first kappa shape index (κ1) is 11.8. The summed E-state index contributed by atoms with van der Waals surface area (Å²) in [6.45, 7) is 1.88. The van der Waals surface area contributed by atoms with E-state index >= 15 is 0 Å². The molecule has 0 spiro atoms. The molecule has 3 nitrogen and oxygen atoms in total. The Balaban J connectivity index is 2.51. The molecule has 0 aromatic carbocycles. The summed E-state index contributed by atoms with van der Waals surface area (Å²) in [5.74, 6) is -0.102. The Bertz CT molecular complexity index is 542. The fourth-order valence-corrected chi connectivity index (χ4v) is 3.10. The van der Waals surface area contributed by atoms with Crippen LogP contribution in [0, 0.1) is 6.92 Å². The maximum absolute atomic E-state index is 12.2. The monoisotopic (exact) mass is 318 g/mol. The third-order valence-electron chi connectivity index (χ3n) is 2.21. The molecule has 0 aliphatic rings. The van der Waals surface area contributed by atoms with Gasteiger partial charge in [-0.25, -0.2) is 0 Å². The number of ketones is 1. The molecule has 0 saturated carbocycles. The van der Waals surface area contributed by atoms with E-state index in [1.807, 2.05) is 12.3 Å². The topological polar surface area (TPSA) is 34.9 Å². The van der Waals surface area contributed by atoms with Crippen molar-refractivity contribution in [3.8, 4) is 0 Å². The van der Waals surface area contributed by atoms with Crippen molar-refractivity contribution < 1.29 is 4.79 Å². The number of carbonyl (C=O) groups excluding carboxylic acids is 1. The summed E-state index contributed by atoms with van der Waals surface area (Å²) in [5, 5.41) is 6.42. The normalized spacial score (nSPS) is 10.8. The van der Waals surface area contributed by atoms with E-state index in [0.29, 0.717) is 20.1 Å². The van der Waals surface area contributed by atoms with Crippen LogP contribution < -0.4 is 0 Å². The van der Waals surface area contributed by atoms with Crippen molar-refractivity contribution in [1.82, 2.24) is 9.78 Å². The highest BCUT2D eigenvalue weighted by molar-refractivity contribution is 9.10. The van der Waals surface area contributed by atoms with Gasteiger partial charge in [-0.15, -0.1) is 11.3 Å². The van der Waals surface area contributed by atoms with E-state index in [1.54, 1.807) is 13.2 Å². The second-order valence-corrected chi connectivity index (χ2v) is 5.47. The maximum atomic E-state index is 12.2. The molecular weight excluding hydrogens is 312 g/mol. The number of nitrogens with zero attached hydrogens (tertiary/aromatic N) is 2. The highest BCUT2D eigenvalue weighted by atomic mass is 79.9. The molecule has 6 heteroatoms. The van der Waals surface area contributed by atoms with E-state index in [2.05, 4.69) is 21.0 Å². The van der Waals surface area contributed by atoms with Crippen LogP contribution in [-0.4, -0.2) is 15.6 Å². The fourth-order valence-electron chi connectivity index (χ4n) is 1.36. The van der Waals surface area contributed by atoms with Crippen molar-refractivity contribution in [2.45, 2.75) is 6.92 Å². The Hall–Kier alpha value is -0.650. The number of aromatic nitrogens is 2. The van der Waals surface area contributed by atoms with Crippen LogP contribution in [0.4, 0.5) is 0 Å².